The van der Waals surface area contributed by atoms with Gasteiger partial charge in [0.05, 0.1) is 20.3 Å². The van der Waals surface area contributed by atoms with E-state index >= 15 is 0 Å². The molecule has 150 valence electrons. The quantitative estimate of drug-likeness (QED) is 0.659. The standard InChI is InChI=1S/C21H24N6O2/c1-15-6-8-16(9-7-15)22-19-24-20(23-17-4-3-5-18(14-17)28-2)26-21(25-19)27-10-12-29-13-11-27/h3-9,14H,10-13H2,1-2H3,(H2,22,23,24,25,26). The van der Waals surface area contributed by atoms with Crippen LogP contribution in [0.4, 0.5) is 29.2 Å². The normalized spacial score (nSPS) is 13.8. The van der Waals surface area contributed by atoms with Gasteiger partial charge in [-0.2, -0.15) is 15.0 Å². The largest absolute Gasteiger partial charge is 0.497 e. The molecule has 1 aliphatic rings. The van der Waals surface area contributed by atoms with Crippen LogP contribution in [-0.4, -0.2) is 48.4 Å². The first-order chi connectivity index (χ1) is 14.2. The first-order valence-corrected chi connectivity index (χ1v) is 9.53. The Labute approximate surface area is 169 Å². The van der Waals surface area contributed by atoms with Crippen molar-refractivity contribution in [2.75, 3.05) is 48.9 Å². The average Bonchev–Trinajstić information content (AvgIpc) is 2.76. The van der Waals surface area contributed by atoms with Crippen LogP contribution in [0.15, 0.2) is 48.5 Å². The van der Waals surface area contributed by atoms with Gasteiger partial charge in [-0.15, -0.1) is 0 Å². The molecule has 0 bridgehead atoms. The fourth-order valence-electron chi connectivity index (χ4n) is 2.98. The fourth-order valence-corrected chi connectivity index (χ4v) is 2.98. The van der Waals surface area contributed by atoms with Crippen molar-refractivity contribution in [1.82, 2.24) is 15.0 Å². The van der Waals surface area contributed by atoms with E-state index in [1.54, 1.807) is 7.11 Å². The molecule has 2 aromatic carbocycles. The van der Waals surface area contributed by atoms with E-state index in [4.69, 9.17) is 9.47 Å². The number of nitrogens with zero attached hydrogens (tertiary/aromatic N) is 4. The number of hydrogen-bond donors (Lipinski definition) is 2. The third-order valence-corrected chi connectivity index (χ3v) is 4.55. The molecule has 1 aliphatic heterocycles. The van der Waals surface area contributed by atoms with Crippen molar-refractivity contribution in [2.24, 2.45) is 0 Å². The molecule has 2 N–H and O–H groups in total. The molecule has 0 radical (unpaired) electrons. The number of aromatic nitrogens is 3. The third kappa shape index (κ3) is 4.91. The Morgan fingerprint density at radius 1 is 0.897 bits per heavy atom. The Bertz CT molecular complexity index is 958. The summed E-state index contributed by atoms with van der Waals surface area (Å²) in [5.41, 5.74) is 2.95. The molecule has 0 atom stereocenters. The lowest BCUT2D eigenvalue weighted by molar-refractivity contribution is 0.122. The van der Waals surface area contributed by atoms with Crippen LogP contribution in [0.25, 0.3) is 0 Å². The van der Waals surface area contributed by atoms with Gasteiger partial charge in [-0.25, -0.2) is 0 Å². The minimum absolute atomic E-state index is 0.462. The van der Waals surface area contributed by atoms with Crippen molar-refractivity contribution in [3.8, 4) is 5.75 Å². The number of morpholine rings is 1. The van der Waals surface area contributed by atoms with Crippen LogP contribution in [0.3, 0.4) is 0 Å². The van der Waals surface area contributed by atoms with E-state index < -0.39 is 0 Å². The van der Waals surface area contributed by atoms with Gasteiger partial charge in [-0.3, -0.25) is 0 Å². The number of aryl methyl sites for hydroxylation is 1. The third-order valence-electron chi connectivity index (χ3n) is 4.55. The van der Waals surface area contributed by atoms with Gasteiger partial charge in [0.2, 0.25) is 17.8 Å². The zero-order valence-corrected chi connectivity index (χ0v) is 16.6. The zero-order chi connectivity index (χ0) is 20.1. The lowest BCUT2D eigenvalue weighted by atomic mass is 10.2. The Morgan fingerprint density at radius 3 is 2.28 bits per heavy atom. The van der Waals surface area contributed by atoms with Gasteiger partial charge in [-0.05, 0) is 31.2 Å². The van der Waals surface area contributed by atoms with Gasteiger partial charge in [-0.1, -0.05) is 23.8 Å². The molecule has 8 nitrogen and oxygen atoms in total. The highest BCUT2D eigenvalue weighted by Crippen LogP contribution is 2.23. The van der Waals surface area contributed by atoms with E-state index in [0.29, 0.717) is 31.1 Å². The zero-order valence-electron chi connectivity index (χ0n) is 16.6. The van der Waals surface area contributed by atoms with E-state index in [1.807, 2.05) is 48.5 Å². The maximum Gasteiger partial charge on any atom is 0.233 e. The Kier molecular flexibility index (Phi) is 5.71. The van der Waals surface area contributed by atoms with Gasteiger partial charge < -0.3 is 25.0 Å². The number of anilines is 5. The fraction of sp³-hybridized carbons (Fsp3) is 0.286. The monoisotopic (exact) mass is 392 g/mol. The Morgan fingerprint density at radius 2 is 1.59 bits per heavy atom. The van der Waals surface area contributed by atoms with Crippen LogP contribution in [0.2, 0.25) is 0 Å². The number of nitrogens with one attached hydrogen (secondary N) is 2. The highest BCUT2D eigenvalue weighted by molar-refractivity contribution is 5.60. The van der Waals surface area contributed by atoms with E-state index in [-0.39, 0.29) is 0 Å². The molecule has 3 aromatic rings. The van der Waals surface area contributed by atoms with Gasteiger partial charge in [0.1, 0.15) is 5.75 Å². The second kappa shape index (κ2) is 8.74. The van der Waals surface area contributed by atoms with Gasteiger partial charge in [0.15, 0.2) is 0 Å². The van der Waals surface area contributed by atoms with Crippen molar-refractivity contribution in [3.63, 3.8) is 0 Å². The van der Waals surface area contributed by atoms with Gasteiger partial charge in [0, 0.05) is 30.5 Å². The SMILES string of the molecule is COc1cccc(Nc2nc(Nc3ccc(C)cc3)nc(N3CCOCC3)n2)c1. The predicted octanol–water partition coefficient (Wildman–Crippen LogP) is 3.51. The molecule has 2 heterocycles. The number of methoxy groups -OCH3 is 1. The van der Waals surface area contributed by atoms with Crippen LogP contribution in [-0.2, 0) is 4.74 Å². The van der Waals surface area contributed by atoms with Crippen molar-refractivity contribution in [3.05, 3.63) is 54.1 Å². The molecular weight excluding hydrogens is 368 g/mol. The number of benzene rings is 2. The lowest BCUT2D eigenvalue weighted by Gasteiger charge is -2.27. The lowest BCUT2D eigenvalue weighted by Crippen LogP contribution is -2.37. The molecule has 1 aromatic heterocycles. The van der Waals surface area contributed by atoms with Gasteiger partial charge >= 0.3 is 0 Å². The van der Waals surface area contributed by atoms with Crippen LogP contribution >= 0.6 is 0 Å². The first-order valence-electron chi connectivity index (χ1n) is 9.53. The molecule has 1 saturated heterocycles. The molecule has 0 amide bonds. The molecule has 1 fully saturated rings. The van der Waals surface area contributed by atoms with Crippen LogP contribution in [0, 0.1) is 6.92 Å². The smallest absolute Gasteiger partial charge is 0.233 e. The molecule has 29 heavy (non-hydrogen) atoms. The molecule has 0 unspecified atom stereocenters. The second-order valence-corrected chi connectivity index (χ2v) is 6.73. The Balaban J connectivity index is 1.64. The Hall–Kier alpha value is -3.39. The summed E-state index contributed by atoms with van der Waals surface area (Å²) in [5, 5.41) is 6.53. The molecule has 0 spiro atoms. The van der Waals surface area contributed by atoms with Crippen molar-refractivity contribution < 1.29 is 9.47 Å². The summed E-state index contributed by atoms with van der Waals surface area (Å²) in [4.78, 5) is 15.9. The predicted molar refractivity (Wildman–Crippen MR) is 114 cm³/mol. The summed E-state index contributed by atoms with van der Waals surface area (Å²) in [6, 6.07) is 15.7. The molecular formula is C21H24N6O2. The van der Waals surface area contributed by atoms with E-state index in [2.05, 4.69) is 37.4 Å². The van der Waals surface area contributed by atoms with Crippen LogP contribution in [0.1, 0.15) is 5.56 Å². The molecule has 4 rings (SSSR count). The summed E-state index contributed by atoms with van der Waals surface area (Å²) >= 11 is 0. The highest BCUT2D eigenvalue weighted by atomic mass is 16.5. The minimum Gasteiger partial charge on any atom is -0.497 e. The van der Waals surface area contributed by atoms with E-state index in [1.165, 1.54) is 5.56 Å². The summed E-state index contributed by atoms with van der Waals surface area (Å²) in [5.74, 6) is 2.32. The summed E-state index contributed by atoms with van der Waals surface area (Å²) in [6.45, 7) is 4.86. The van der Waals surface area contributed by atoms with Crippen molar-refractivity contribution in [2.45, 2.75) is 6.92 Å². The van der Waals surface area contributed by atoms with Crippen molar-refractivity contribution >= 4 is 29.2 Å². The summed E-state index contributed by atoms with van der Waals surface area (Å²) in [6.07, 6.45) is 0. The van der Waals surface area contributed by atoms with Crippen molar-refractivity contribution in [1.29, 1.82) is 0 Å². The highest BCUT2D eigenvalue weighted by Gasteiger charge is 2.17. The maximum atomic E-state index is 5.45. The molecule has 0 aliphatic carbocycles. The summed E-state index contributed by atoms with van der Waals surface area (Å²) in [7, 11) is 1.64. The average molecular weight is 392 g/mol. The maximum absolute atomic E-state index is 5.45. The topological polar surface area (TPSA) is 84.4 Å². The molecule has 0 saturated carbocycles. The van der Waals surface area contributed by atoms with E-state index in [0.717, 1.165) is 30.2 Å². The number of ether oxygens (including phenoxy) is 2. The molecule has 8 heteroatoms. The number of rotatable bonds is 6. The first kappa shape index (κ1) is 18.9. The van der Waals surface area contributed by atoms with Gasteiger partial charge in [0.25, 0.3) is 0 Å². The minimum atomic E-state index is 0.462. The van der Waals surface area contributed by atoms with Crippen LogP contribution < -0.4 is 20.3 Å². The summed E-state index contributed by atoms with van der Waals surface area (Å²) < 4.78 is 10.7. The second-order valence-electron chi connectivity index (χ2n) is 6.73. The number of hydrogen-bond acceptors (Lipinski definition) is 8. The van der Waals surface area contributed by atoms with E-state index in [9.17, 15) is 0 Å². The van der Waals surface area contributed by atoms with Crippen LogP contribution in [0.5, 0.6) is 5.75 Å².